The molecule has 0 aromatic carbocycles. The molecular weight excluding hydrogens is 610 g/mol. The quantitative estimate of drug-likeness (QED) is 0.181. The van der Waals surface area contributed by atoms with E-state index in [1.807, 2.05) is 0 Å². The third-order valence-electron chi connectivity index (χ3n) is 7.95. The lowest BCUT2D eigenvalue weighted by Gasteiger charge is -2.29. The van der Waals surface area contributed by atoms with Crippen molar-refractivity contribution in [2.24, 2.45) is 5.92 Å². The number of ether oxygens (including phenoxy) is 1. The lowest BCUT2D eigenvalue weighted by atomic mass is 10.0. The maximum Gasteiger partial charge on any atom is 0.328 e. The highest BCUT2D eigenvalue weighted by atomic mass is 32.7. The standard InChI is InChI=1S/C22H28N10O7P2S/c1-40(34)38-12-3-15(32-9-30-17-20(24)26-7-28-22(17)32)37-14(12)4-36-41(35,42)5-10-11(2-13(39-40)18(10)33)31-8-29-16-19(23)25-6-27-21(16)31/h6-15,18,33H,2-5H2,1H3,(H,35,42)(H2,23,25,27)(H2,24,26,28)/t10-,11+,12-,13-,14+,15+,18-,40?,41?/m0/s1. The summed E-state index contributed by atoms with van der Waals surface area (Å²) in [4.78, 5) is 25.1. The fourth-order valence-electron chi connectivity index (χ4n) is 6.06. The SMILES string of the molecule is CP1(=O)O[C@H]2C[C@@H](n3cnc4c(N)ncnc43)[C@H](CP(=O)(S)OC[C@H]3O[C@@H](n4cnc5c(N)ncnc54)C[C@@H]3O1)[C@@H]2O. The molecule has 0 spiro atoms. The molecule has 1 saturated carbocycles. The summed E-state index contributed by atoms with van der Waals surface area (Å²) < 4.78 is 55.0. The number of nitrogens with zero attached hydrogens (tertiary/aromatic N) is 8. The lowest BCUT2D eigenvalue weighted by molar-refractivity contribution is -0.0392. The van der Waals surface area contributed by atoms with Gasteiger partial charge in [0, 0.05) is 31.2 Å². The van der Waals surface area contributed by atoms with Crippen molar-refractivity contribution in [3.05, 3.63) is 25.3 Å². The molecule has 1 aliphatic carbocycles. The number of hydrogen-bond acceptors (Lipinski definition) is 15. The first-order valence-corrected chi connectivity index (χ1v) is 18.0. The number of nitrogens with two attached hydrogens (primary N) is 2. The second-order valence-corrected chi connectivity index (χ2v) is 16.4. The molecule has 4 aromatic heterocycles. The molecule has 224 valence electrons. The number of nitrogen functional groups attached to an aromatic ring is 2. The molecule has 6 heterocycles. The Kier molecular flexibility index (Phi) is 6.82. The molecule has 20 heteroatoms. The van der Waals surface area contributed by atoms with Gasteiger partial charge in [0.05, 0.1) is 37.6 Å². The number of aliphatic hydroxyl groups excluding tert-OH is 1. The Morgan fingerprint density at radius 2 is 1.52 bits per heavy atom. The van der Waals surface area contributed by atoms with Gasteiger partial charge in [-0.2, -0.15) is 0 Å². The van der Waals surface area contributed by atoms with Crippen LogP contribution in [-0.4, -0.2) is 88.0 Å². The highest BCUT2D eigenvalue weighted by molar-refractivity contribution is 8.46. The Balaban J connectivity index is 1.19. The van der Waals surface area contributed by atoms with Crippen molar-refractivity contribution in [1.82, 2.24) is 39.0 Å². The minimum absolute atomic E-state index is 0.111. The van der Waals surface area contributed by atoms with Crippen molar-refractivity contribution in [2.45, 2.75) is 49.5 Å². The zero-order valence-electron chi connectivity index (χ0n) is 22.2. The first-order valence-electron chi connectivity index (χ1n) is 13.1. The van der Waals surface area contributed by atoms with E-state index >= 15 is 0 Å². The third-order valence-corrected chi connectivity index (χ3v) is 11.5. The molecule has 0 amide bonds. The highest BCUT2D eigenvalue weighted by Crippen LogP contribution is 2.60. The van der Waals surface area contributed by atoms with Crippen molar-refractivity contribution >= 4 is 60.4 Å². The predicted octanol–water partition coefficient (Wildman–Crippen LogP) is 1.79. The van der Waals surface area contributed by atoms with E-state index < -0.39 is 56.8 Å². The Morgan fingerprint density at radius 3 is 2.21 bits per heavy atom. The van der Waals surface area contributed by atoms with Crippen LogP contribution in [0.25, 0.3) is 22.3 Å². The molecule has 7 rings (SSSR count). The van der Waals surface area contributed by atoms with E-state index in [1.54, 1.807) is 9.13 Å². The zero-order chi connectivity index (χ0) is 29.4. The average molecular weight is 639 g/mol. The summed E-state index contributed by atoms with van der Waals surface area (Å²) in [6.45, 7) is -2.44. The van der Waals surface area contributed by atoms with Crippen molar-refractivity contribution in [2.75, 3.05) is 30.9 Å². The van der Waals surface area contributed by atoms with Crippen molar-refractivity contribution in [3.63, 3.8) is 0 Å². The number of aliphatic hydroxyl groups is 1. The summed E-state index contributed by atoms with van der Waals surface area (Å²) in [5, 5.41) is 11.4. The van der Waals surface area contributed by atoms with Gasteiger partial charge < -0.3 is 39.4 Å². The summed E-state index contributed by atoms with van der Waals surface area (Å²) in [5.74, 6) is -0.259. The minimum atomic E-state index is -3.77. The van der Waals surface area contributed by atoms with Crippen LogP contribution >= 0.6 is 26.4 Å². The number of imidazole rings is 2. The van der Waals surface area contributed by atoms with Crippen LogP contribution in [0.1, 0.15) is 25.1 Å². The topological polar surface area (TPSA) is 231 Å². The maximum absolute atomic E-state index is 13.7. The van der Waals surface area contributed by atoms with Crippen LogP contribution in [0.15, 0.2) is 25.3 Å². The first kappa shape index (κ1) is 28.1. The molecule has 2 unspecified atom stereocenters. The van der Waals surface area contributed by atoms with Gasteiger partial charge in [-0.05, 0) is 6.42 Å². The normalized spacial score (nSPS) is 37.5. The van der Waals surface area contributed by atoms with Crippen molar-refractivity contribution in [1.29, 1.82) is 0 Å². The fourth-order valence-corrected chi connectivity index (χ4v) is 9.77. The summed E-state index contributed by atoms with van der Waals surface area (Å²) in [6, 6.07) is -0.502. The second-order valence-electron chi connectivity index (χ2n) is 10.7. The Bertz CT molecular complexity index is 1760. The summed E-state index contributed by atoms with van der Waals surface area (Å²) >= 11 is 4.40. The lowest BCUT2D eigenvalue weighted by Crippen LogP contribution is -2.33. The van der Waals surface area contributed by atoms with E-state index in [1.165, 1.54) is 32.0 Å². The Hall–Kier alpha value is -2.69. The second kappa shape index (κ2) is 10.2. The molecule has 0 radical (unpaired) electrons. The molecule has 9 atom stereocenters. The molecule has 2 aliphatic heterocycles. The van der Waals surface area contributed by atoms with Gasteiger partial charge in [-0.3, -0.25) is 13.7 Å². The van der Waals surface area contributed by atoms with E-state index in [0.29, 0.717) is 22.3 Å². The van der Waals surface area contributed by atoms with Gasteiger partial charge in [-0.25, -0.2) is 29.9 Å². The van der Waals surface area contributed by atoms with Crippen LogP contribution in [-0.2, 0) is 27.4 Å². The van der Waals surface area contributed by atoms with Crippen molar-refractivity contribution in [3.8, 4) is 0 Å². The van der Waals surface area contributed by atoms with E-state index in [0.717, 1.165) is 0 Å². The van der Waals surface area contributed by atoms with Crippen molar-refractivity contribution < 1.29 is 32.5 Å². The van der Waals surface area contributed by atoms with Crippen LogP contribution in [0.5, 0.6) is 0 Å². The van der Waals surface area contributed by atoms with Crippen LogP contribution in [0.2, 0.25) is 0 Å². The molecule has 4 aromatic rings. The van der Waals surface area contributed by atoms with Gasteiger partial charge in [0.2, 0.25) is 0 Å². The molecule has 42 heavy (non-hydrogen) atoms. The largest absolute Gasteiger partial charge is 0.390 e. The highest BCUT2D eigenvalue weighted by Gasteiger charge is 2.51. The van der Waals surface area contributed by atoms with E-state index in [4.69, 9.17) is 29.8 Å². The third kappa shape index (κ3) is 4.89. The van der Waals surface area contributed by atoms with Crippen LogP contribution < -0.4 is 11.5 Å². The molecule has 3 aliphatic rings. The van der Waals surface area contributed by atoms with Gasteiger partial charge in [0.1, 0.15) is 36.0 Å². The number of thiol groups is 1. The fraction of sp³-hybridized carbons (Fsp3) is 0.545. The van der Waals surface area contributed by atoms with Crippen LogP contribution in [0.3, 0.4) is 0 Å². The monoisotopic (exact) mass is 638 g/mol. The Labute approximate surface area is 243 Å². The first-order chi connectivity index (χ1) is 20.0. The number of fused-ring (bicyclic) bond motifs is 5. The molecule has 2 saturated heterocycles. The van der Waals surface area contributed by atoms with E-state index in [2.05, 4.69) is 42.2 Å². The van der Waals surface area contributed by atoms with Gasteiger partial charge >= 0.3 is 7.60 Å². The van der Waals surface area contributed by atoms with E-state index in [9.17, 15) is 14.2 Å². The zero-order valence-corrected chi connectivity index (χ0v) is 24.8. The molecule has 2 bridgehead atoms. The molecular formula is C22H28N10O7P2S. The van der Waals surface area contributed by atoms with Gasteiger partial charge in [0.15, 0.2) is 22.9 Å². The van der Waals surface area contributed by atoms with Crippen LogP contribution in [0, 0.1) is 5.92 Å². The minimum Gasteiger partial charge on any atom is -0.390 e. The summed E-state index contributed by atoms with van der Waals surface area (Å²) in [5.41, 5.74) is 13.6. The van der Waals surface area contributed by atoms with Crippen LogP contribution in [0.4, 0.5) is 11.6 Å². The van der Waals surface area contributed by atoms with Gasteiger partial charge in [0.25, 0.3) is 6.57 Å². The number of hydrogen-bond donors (Lipinski definition) is 4. The smallest absolute Gasteiger partial charge is 0.328 e. The van der Waals surface area contributed by atoms with Gasteiger partial charge in [-0.1, -0.05) is 12.2 Å². The number of anilines is 2. The summed E-state index contributed by atoms with van der Waals surface area (Å²) in [6.07, 6.45) is 1.72. The summed E-state index contributed by atoms with van der Waals surface area (Å²) in [7, 11) is -3.77. The van der Waals surface area contributed by atoms with E-state index in [-0.39, 0.29) is 37.2 Å². The Morgan fingerprint density at radius 1 is 0.905 bits per heavy atom. The number of rotatable bonds is 2. The van der Waals surface area contributed by atoms with Gasteiger partial charge in [-0.15, -0.1) is 0 Å². The maximum atomic E-state index is 13.7. The molecule has 3 fully saturated rings. The predicted molar refractivity (Wildman–Crippen MR) is 152 cm³/mol. The number of aromatic nitrogens is 8. The average Bonchev–Trinajstić information content (AvgIpc) is 3.69. The molecule has 17 nitrogen and oxygen atoms in total. The molecule has 5 N–H and O–H groups in total.